The molecule has 0 aliphatic carbocycles. The van der Waals surface area contributed by atoms with E-state index < -0.39 is 0 Å². The molecule has 30 heavy (non-hydrogen) atoms. The summed E-state index contributed by atoms with van der Waals surface area (Å²) >= 11 is 5.24. The van der Waals surface area contributed by atoms with Gasteiger partial charge in [0.05, 0.1) is 32.2 Å². The number of methoxy groups -OCH3 is 3. The Morgan fingerprint density at radius 3 is 2.40 bits per heavy atom. The van der Waals surface area contributed by atoms with Crippen LogP contribution in [0.4, 0.5) is 5.69 Å². The largest absolute Gasteiger partial charge is 0.493 e. The fourth-order valence-corrected chi connectivity index (χ4v) is 3.31. The molecule has 0 aliphatic rings. The van der Waals surface area contributed by atoms with Crippen molar-refractivity contribution in [3.8, 4) is 17.2 Å². The lowest BCUT2D eigenvalue weighted by atomic mass is 10.1. The van der Waals surface area contributed by atoms with E-state index >= 15 is 0 Å². The third kappa shape index (κ3) is 3.92. The van der Waals surface area contributed by atoms with Gasteiger partial charge < -0.3 is 24.5 Å². The highest BCUT2D eigenvalue weighted by molar-refractivity contribution is 7.71. The van der Waals surface area contributed by atoms with E-state index in [-0.39, 0.29) is 16.2 Å². The van der Waals surface area contributed by atoms with Crippen LogP contribution in [0.1, 0.15) is 10.4 Å². The summed E-state index contributed by atoms with van der Waals surface area (Å²) in [5, 5.41) is 3.22. The Labute approximate surface area is 177 Å². The lowest BCUT2D eigenvalue weighted by Gasteiger charge is -2.14. The van der Waals surface area contributed by atoms with Crippen molar-refractivity contribution >= 4 is 34.7 Å². The summed E-state index contributed by atoms with van der Waals surface area (Å²) in [6.45, 7) is 3.93. The number of rotatable bonds is 7. The van der Waals surface area contributed by atoms with E-state index in [0.29, 0.717) is 45.9 Å². The van der Waals surface area contributed by atoms with Gasteiger partial charge in [-0.05, 0) is 30.4 Å². The molecule has 1 amide bonds. The molecule has 2 aromatic carbocycles. The minimum atomic E-state index is -0.374. The molecule has 0 radical (unpaired) electrons. The molecular formula is C21H21N3O5S. The van der Waals surface area contributed by atoms with Crippen LogP contribution in [0.3, 0.4) is 0 Å². The summed E-state index contributed by atoms with van der Waals surface area (Å²) in [6.07, 6.45) is 1.59. The summed E-state index contributed by atoms with van der Waals surface area (Å²) in [4.78, 5) is 28.4. The fourth-order valence-electron chi connectivity index (χ4n) is 3.05. The zero-order chi connectivity index (χ0) is 21.8. The van der Waals surface area contributed by atoms with E-state index in [1.165, 1.54) is 25.9 Å². The quantitative estimate of drug-likeness (QED) is 0.443. The van der Waals surface area contributed by atoms with Crippen molar-refractivity contribution in [1.29, 1.82) is 0 Å². The molecule has 0 saturated heterocycles. The lowest BCUT2D eigenvalue weighted by molar-refractivity contribution is 0.102. The van der Waals surface area contributed by atoms with E-state index in [1.54, 1.807) is 36.4 Å². The normalized spacial score (nSPS) is 10.5. The number of aromatic nitrogens is 2. The van der Waals surface area contributed by atoms with E-state index in [2.05, 4.69) is 16.9 Å². The van der Waals surface area contributed by atoms with Crippen LogP contribution in [0.25, 0.3) is 10.9 Å². The zero-order valence-electron chi connectivity index (χ0n) is 16.8. The number of hydrogen-bond donors (Lipinski definition) is 2. The standard InChI is InChI=1S/C21H21N3O5S/c1-5-8-24-20(26)14-7-6-12(9-15(14)23-21(24)30)19(25)22-13-10-16(27-2)18(29-4)17(11-13)28-3/h5-7,9-11H,1,8H2,2-4H3,(H,22,25)(H,23,30). The molecule has 0 aliphatic heterocycles. The number of anilines is 1. The molecule has 156 valence electrons. The highest BCUT2D eigenvalue weighted by Gasteiger charge is 2.16. The second kappa shape index (κ2) is 8.83. The van der Waals surface area contributed by atoms with Crippen LogP contribution in [0.5, 0.6) is 17.2 Å². The predicted molar refractivity (Wildman–Crippen MR) is 118 cm³/mol. The minimum Gasteiger partial charge on any atom is -0.493 e. The fraction of sp³-hybridized carbons (Fsp3) is 0.190. The van der Waals surface area contributed by atoms with Crippen molar-refractivity contribution in [3.05, 3.63) is 63.7 Å². The molecule has 0 spiro atoms. The van der Waals surface area contributed by atoms with Crippen molar-refractivity contribution in [2.24, 2.45) is 0 Å². The number of allylic oxidation sites excluding steroid dienone is 1. The third-order valence-electron chi connectivity index (χ3n) is 4.48. The van der Waals surface area contributed by atoms with Gasteiger partial charge in [-0.15, -0.1) is 6.58 Å². The van der Waals surface area contributed by atoms with Crippen molar-refractivity contribution in [3.63, 3.8) is 0 Å². The Balaban J connectivity index is 1.98. The summed E-state index contributed by atoms with van der Waals surface area (Å²) in [5.41, 5.74) is 1.04. The van der Waals surface area contributed by atoms with Gasteiger partial charge in [-0.1, -0.05) is 6.08 Å². The smallest absolute Gasteiger partial charge is 0.262 e. The number of nitrogens with one attached hydrogen (secondary N) is 2. The monoisotopic (exact) mass is 427 g/mol. The van der Waals surface area contributed by atoms with E-state index in [0.717, 1.165) is 0 Å². The Morgan fingerprint density at radius 2 is 1.83 bits per heavy atom. The number of benzene rings is 2. The maximum atomic E-state index is 12.8. The molecule has 0 unspecified atom stereocenters. The Hall–Kier alpha value is -3.59. The SMILES string of the molecule is C=CCn1c(=S)[nH]c2cc(C(=O)Nc3cc(OC)c(OC)c(OC)c3)ccc2c1=O. The number of amides is 1. The van der Waals surface area contributed by atoms with Gasteiger partial charge in [-0.2, -0.15) is 0 Å². The summed E-state index contributed by atoms with van der Waals surface area (Å²) in [7, 11) is 4.49. The maximum absolute atomic E-state index is 12.8. The van der Waals surface area contributed by atoms with Gasteiger partial charge in [0.25, 0.3) is 11.5 Å². The summed E-state index contributed by atoms with van der Waals surface area (Å²) < 4.78 is 17.6. The number of ether oxygens (including phenoxy) is 3. The van der Waals surface area contributed by atoms with Gasteiger partial charge in [0.1, 0.15) is 0 Å². The molecule has 0 saturated carbocycles. The number of carbonyl (C=O) groups is 1. The molecule has 0 atom stereocenters. The average molecular weight is 427 g/mol. The second-order valence-electron chi connectivity index (χ2n) is 6.26. The minimum absolute atomic E-state index is 0.245. The summed E-state index contributed by atoms with van der Waals surface area (Å²) in [5.74, 6) is 0.878. The molecule has 3 aromatic rings. The van der Waals surface area contributed by atoms with Crippen molar-refractivity contribution in [1.82, 2.24) is 9.55 Å². The molecular weight excluding hydrogens is 406 g/mol. The average Bonchev–Trinajstić information content (AvgIpc) is 2.75. The first kappa shape index (κ1) is 21.1. The van der Waals surface area contributed by atoms with Gasteiger partial charge >= 0.3 is 0 Å². The predicted octanol–water partition coefficient (Wildman–Crippen LogP) is 3.52. The highest BCUT2D eigenvalue weighted by atomic mass is 32.1. The Bertz CT molecular complexity index is 1220. The molecule has 1 heterocycles. The number of nitrogens with zero attached hydrogens (tertiary/aromatic N) is 1. The first-order valence-corrected chi connectivity index (χ1v) is 9.33. The number of fused-ring (bicyclic) bond motifs is 1. The van der Waals surface area contributed by atoms with Crippen molar-refractivity contribution in [2.75, 3.05) is 26.6 Å². The second-order valence-corrected chi connectivity index (χ2v) is 6.65. The number of carbonyl (C=O) groups excluding carboxylic acids is 1. The van der Waals surface area contributed by atoms with Crippen molar-refractivity contribution < 1.29 is 19.0 Å². The van der Waals surface area contributed by atoms with Gasteiger partial charge in [0, 0.05) is 29.9 Å². The lowest BCUT2D eigenvalue weighted by Crippen LogP contribution is -2.22. The number of H-pyrrole nitrogens is 1. The molecule has 3 rings (SSSR count). The molecule has 2 N–H and O–H groups in total. The Kier molecular flexibility index (Phi) is 6.22. The van der Waals surface area contributed by atoms with Gasteiger partial charge in [-0.25, -0.2) is 0 Å². The first-order chi connectivity index (χ1) is 14.4. The topological polar surface area (TPSA) is 94.6 Å². The van der Waals surface area contributed by atoms with Crippen LogP contribution in [-0.4, -0.2) is 36.8 Å². The molecule has 0 fully saturated rings. The van der Waals surface area contributed by atoms with Crippen LogP contribution >= 0.6 is 12.2 Å². The molecule has 1 aromatic heterocycles. The molecule has 8 nitrogen and oxygen atoms in total. The Morgan fingerprint density at radius 1 is 1.17 bits per heavy atom. The maximum Gasteiger partial charge on any atom is 0.262 e. The summed E-state index contributed by atoms with van der Waals surface area (Å²) in [6, 6.07) is 8.00. The van der Waals surface area contributed by atoms with E-state index in [1.807, 2.05) is 0 Å². The molecule has 9 heteroatoms. The van der Waals surface area contributed by atoms with Crippen molar-refractivity contribution in [2.45, 2.75) is 6.54 Å². The van der Waals surface area contributed by atoms with Crippen LogP contribution < -0.4 is 25.1 Å². The van der Waals surface area contributed by atoms with E-state index in [4.69, 9.17) is 26.4 Å². The number of hydrogen-bond acceptors (Lipinski definition) is 6. The van der Waals surface area contributed by atoms with E-state index in [9.17, 15) is 9.59 Å². The van der Waals surface area contributed by atoms with Gasteiger partial charge in [-0.3, -0.25) is 14.2 Å². The van der Waals surface area contributed by atoms with Crippen LogP contribution in [-0.2, 0) is 6.54 Å². The van der Waals surface area contributed by atoms with Crippen LogP contribution in [0, 0.1) is 4.77 Å². The highest BCUT2D eigenvalue weighted by Crippen LogP contribution is 2.40. The first-order valence-electron chi connectivity index (χ1n) is 8.92. The van der Waals surface area contributed by atoms with Crippen LogP contribution in [0.15, 0.2) is 47.8 Å². The number of aromatic amines is 1. The zero-order valence-corrected chi connectivity index (χ0v) is 17.6. The molecule has 0 bridgehead atoms. The van der Waals surface area contributed by atoms with Gasteiger partial charge in [0.2, 0.25) is 5.75 Å². The third-order valence-corrected chi connectivity index (χ3v) is 4.80. The van der Waals surface area contributed by atoms with Gasteiger partial charge in [0.15, 0.2) is 16.3 Å². The van der Waals surface area contributed by atoms with Crippen LogP contribution in [0.2, 0.25) is 0 Å².